The number of aldehydes is 1. The molecule has 2 aliphatic carbocycles. The van der Waals surface area contributed by atoms with E-state index in [9.17, 15) is 14.0 Å². The molecule has 0 radical (unpaired) electrons. The van der Waals surface area contributed by atoms with Gasteiger partial charge in [0.1, 0.15) is 30.1 Å². The molecule has 136 valence electrons. The van der Waals surface area contributed by atoms with Gasteiger partial charge in [-0.05, 0) is 63.6 Å². The third-order valence-corrected chi connectivity index (χ3v) is 4.54. The van der Waals surface area contributed by atoms with Crippen LogP contribution in [0, 0.1) is 11.7 Å². The lowest BCUT2D eigenvalue weighted by molar-refractivity contribution is -0.110. The molecule has 25 heavy (non-hydrogen) atoms. The highest BCUT2D eigenvalue weighted by Crippen LogP contribution is 2.37. The Hall–Kier alpha value is -2.11. The molecule has 1 unspecified atom stereocenters. The van der Waals surface area contributed by atoms with Crippen molar-refractivity contribution >= 4 is 12.4 Å². The predicted molar refractivity (Wildman–Crippen MR) is 90.2 cm³/mol. The summed E-state index contributed by atoms with van der Waals surface area (Å²) in [6.07, 6.45) is 3.01. The Labute approximate surface area is 146 Å². The highest BCUT2D eigenvalue weighted by molar-refractivity contribution is 5.69. The molecule has 0 spiro atoms. The first-order chi connectivity index (χ1) is 11.7. The Morgan fingerprint density at radius 2 is 2.08 bits per heavy atom. The van der Waals surface area contributed by atoms with Crippen molar-refractivity contribution in [2.24, 2.45) is 5.92 Å². The second-order valence-electron chi connectivity index (χ2n) is 8.04. The smallest absolute Gasteiger partial charge is 0.408 e. The number of hydrogen-bond acceptors (Lipinski definition) is 4. The fourth-order valence-electron chi connectivity index (χ4n) is 3.07. The maximum Gasteiger partial charge on any atom is 0.408 e. The molecule has 1 atom stereocenters. The van der Waals surface area contributed by atoms with Gasteiger partial charge in [-0.2, -0.15) is 0 Å². The summed E-state index contributed by atoms with van der Waals surface area (Å²) in [5.74, 6) is -0.0507. The van der Waals surface area contributed by atoms with Crippen LogP contribution in [0.5, 0.6) is 5.75 Å². The number of benzene rings is 1. The van der Waals surface area contributed by atoms with Crippen LogP contribution in [0.25, 0.3) is 0 Å². The molecule has 3 rings (SSSR count). The quantitative estimate of drug-likeness (QED) is 0.829. The molecule has 6 heteroatoms. The van der Waals surface area contributed by atoms with Crippen molar-refractivity contribution in [1.29, 1.82) is 0 Å². The highest BCUT2D eigenvalue weighted by Gasteiger charge is 2.46. The summed E-state index contributed by atoms with van der Waals surface area (Å²) in [7, 11) is 0. The van der Waals surface area contributed by atoms with Crippen LogP contribution in [0.2, 0.25) is 0 Å². The van der Waals surface area contributed by atoms with Gasteiger partial charge in [0.25, 0.3) is 0 Å². The summed E-state index contributed by atoms with van der Waals surface area (Å²) in [5.41, 5.74) is 0.442. The fourth-order valence-corrected chi connectivity index (χ4v) is 3.07. The third kappa shape index (κ3) is 4.30. The number of amides is 1. The SMILES string of the molecule is CC(C)(C)OC(=O)NC1(COc2cc(F)c3c(c2)CC(C=O)C3)CC1. The van der Waals surface area contributed by atoms with Crippen LogP contribution in [-0.2, 0) is 22.4 Å². The molecule has 0 aromatic heterocycles. The normalized spacial score (nSPS) is 20.6. The topological polar surface area (TPSA) is 64.6 Å². The molecule has 5 nitrogen and oxygen atoms in total. The number of nitrogens with one attached hydrogen (secondary N) is 1. The average Bonchev–Trinajstić information content (AvgIpc) is 3.11. The van der Waals surface area contributed by atoms with Gasteiger partial charge in [-0.15, -0.1) is 0 Å². The molecule has 1 saturated carbocycles. The van der Waals surface area contributed by atoms with Crippen molar-refractivity contribution in [3.8, 4) is 5.75 Å². The Balaban J connectivity index is 1.60. The summed E-state index contributed by atoms with van der Waals surface area (Å²) in [4.78, 5) is 22.9. The zero-order valence-electron chi connectivity index (χ0n) is 14.9. The minimum atomic E-state index is -0.556. The van der Waals surface area contributed by atoms with Crippen LogP contribution in [0.3, 0.4) is 0 Å². The monoisotopic (exact) mass is 349 g/mol. The van der Waals surface area contributed by atoms with E-state index in [2.05, 4.69) is 5.32 Å². The van der Waals surface area contributed by atoms with E-state index < -0.39 is 17.2 Å². The number of carbonyl (C=O) groups is 2. The van der Waals surface area contributed by atoms with E-state index in [4.69, 9.17) is 9.47 Å². The van der Waals surface area contributed by atoms with Gasteiger partial charge in [-0.3, -0.25) is 0 Å². The van der Waals surface area contributed by atoms with Gasteiger partial charge in [0.2, 0.25) is 0 Å². The predicted octanol–water partition coefficient (Wildman–Crippen LogP) is 3.18. The molecule has 1 N–H and O–H groups in total. The lowest BCUT2D eigenvalue weighted by Crippen LogP contribution is -2.44. The third-order valence-electron chi connectivity index (χ3n) is 4.54. The summed E-state index contributed by atoms with van der Waals surface area (Å²) in [6.45, 7) is 5.69. The van der Waals surface area contributed by atoms with E-state index in [1.54, 1.807) is 6.07 Å². The van der Waals surface area contributed by atoms with Crippen molar-refractivity contribution in [2.45, 2.75) is 57.6 Å². The average molecular weight is 349 g/mol. The summed E-state index contributed by atoms with van der Waals surface area (Å²) < 4.78 is 25.2. The van der Waals surface area contributed by atoms with Gasteiger partial charge in [0, 0.05) is 12.0 Å². The van der Waals surface area contributed by atoms with Crippen molar-refractivity contribution in [3.05, 3.63) is 29.1 Å². The minimum absolute atomic E-state index is 0.150. The molecule has 0 heterocycles. The van der Waals surface area contributed by atoms with E-state index in [0.717, 1.165) is 24.7 Å². The van der Waals surface area contributed by atoms with Crippen LogP contribution in [0.15, 0.2) is 12.1 Å². The van der Waals surface area contributed by atoms with Crippen LogP contribution >= 0.6 is 0 Å². The second-order valence-corrected chi connectivity index (χ2v) is 8.04. The maximum atomic E-state index is 14.2. The number of carbonyl (C=O) groups excluding carboxylic acids is 2. The Kier molecular flexibility index (Phi) is 4.47. The Bertz CT molecular complexity index is 691. The van der Waals surface area contributed by atoms with Gasteiger partial charge in [0.15, 0.2) is 0 Å². The van der Waals surface area contributed by atoms with Gasteiger partial charge in [0.05, 0.1) is 5.54 Å². The number of rotatable bonds is 5. The fraction of sp³-hybridized carbons (Fsp3) is 0.579. The van der Waals surface area contributed by atoms with Crippen LogP contribution in [0.1, 0.15) is 44.7 Å². The molecule has 0 saturated heterocycles. The van der Waals surface area contributed by atoms with E-state index in [1.165, 1.54) is 6.07 Å². The largest absolute Gasteiger partial charge is 0.491 e. The molecule has 2 aliphatic rings. The summed E-state index contributed by atoms with van der Waals surface area (Å²) in [6, 6.07) is 3.15. The van der Waals surface area contributed by atoms with Crippen molar-refractivity contribution < 1.29 is 23.5 Å². The van der Waals surface area contributed by atoms with E-state index >= 15 is 0 Å². The zero-order chi connectivity index (χ0) is 18.2. The van der Waals surface area contributed by atoms with Gasteiger partial charge < -0.3 is 19.6 Å². The number of ether oxygens (including phenoxy) is 2. The van der Waals surface area contributed by atoms with Gasteiger partial charge >= 0.3 is 6.09 Å². The molecular weight excluding hydrogens is 325 g/mol. The highest BCUT2D eigenvalue weighted by atomic mass is 19.1. The minimum Gasteiger partial charge on any atom is -0.491 e. The van der Waals surface area contributed by atoms with Gasteiger partial charge in [-0.25, -0.2) is 9.18 Å². The van der Waals surface area contributed by atoms with Crippen molar-refractivity contribution in [1.82, 2.24) is 5.32 Å². The molecule has 1 fully saturated rings. The second kappa shape index (κ2) is 6.32. The first kappa shape index (κ1) is 17.7. The first-order valence-corrected chi connectivity index (χ1v) is 8.60. The first-order valence-electron chi connectivity index (χ1n) is 8.60. The Morgan fingerprint density at radius 1 is 1.36 bits per heavy atom. The summed E-state index contributed by atoms with van der Waals surface area (Å²) >= 11 is 0. The van der Waals surface area contributed by atoms with Gasteiger partial charge in [-0.1, -0.05) is 0 Å². The van der Waals surface area contributed by atoms with Crippen LogP contribution in [0.4, 0.5) is 9.18 Å². The van der Waals surface area contributed by atoms with Crippen LogP contribution in [-0.4, -0.2) is 30.1 Å². The number of hydrogen-bond donors (Lipinski definition) is 1. The molecule has 1 aromatic carbocycles. The lowest BCUT2D eigenvalue weighted by atomic mass is 10.1. The number of alkyl carbamates (subject to hydrolysis) is 1. The van der Waals surface area contributed by atoms with Crippen LogP contribution < -0.4 is 10.1 Å². The molecule has 0 aliphatic heterocycles. The zero-order valence-corrected chi connectivity index (χ0v) is 14.9. The van der Waals surface area contributed by atoms with Crippen molar-refractivity contribution in [3.63, 3.8) is 0 Å². The lowest BCUT2D eigenvalue weighted by Gasteiger charge is -2.23. The number of fused-ring (bicyclic) bond motifs is 1. The molecule has 1 amide bonds. The Morgan fingerprint density at radius 3 is 2.68 bits per heavy atom. The van der Waals surface area contributed by atoms with E-state index in [0.29, 0.717) is 24.2 Å². The van der Waals surface area contributed by atoms with E-state index in [1.807, 2.05) is 20.8 Å². The summed E-state index contributed by atoms with van der Waals surface area (Å²) in [5, 5.41) is 2.85. The molecular formula is C19H24FNO4. The van der Waals surface area contributed by atoms with Crippen molar-refractivity contribution in [2.75, 3.05) is 6.61 Å². The maximum absolute atomic E-state index is 14.2. The molecule has 0 bridgehead atoms. The number of halogens is 1. The standard InChI is InChI=1S/C19H24FNO4/c1-18(2,3)25-17(23)21-19(4-5-19)11-24-14-8-13-6-12(10-22)7-15(13)16(20)9-14/h8-10,12H,4-7,11H2,1-3H3,(H,21,23). The van der Waals surface area contributed by atoms with E-state index in [-0.39, 0.29) is 18.3 Å². The molecule has 1 aromatic rings.